The number of anilines is 1. The molecular formula is C16H24N4O5S. The van der Waals surface area contributed by atoms with Gasteiger partial charge in [0, 0.05) is 6.54 Å². The van der Waals surface area contributed by atoms with Crippen LogP contribution in [0, 0.1) is 0 Å². The maximum Gasteiger partial charge on any atom is 0.317 e. The third kappa shape index (κ3) is 5.15. The Balaban J connectivity index is 2.12. The maximum absolute atomic E-state index is 12.3. The number of carbonyl (C=O) groups excluding carboxylic acids is 1. The van der Waals surface area contributed by atoms with E-state index in [2.05, 4.69) is 19.6 Å². The number of fused-ring (bicyclic) bond motifs is 1. The summed E-state index contributed by atoms with van der Waals surface area (Å²) in [4.78, 5) is 16.8. The lowest BCUT2D eigenvalue weighted by molar-refractivity contribution is -0.153. The molecule has 10 heteroatoms. The largest absolute Gasteiger partial charge is 0.462 e. The van der Waals surface area contributed by atoms with Gasteiger partial charge in [0.15, 0.2) is 5.65 Å². The summed E-state index contributed by atoms with van der Waals surface area (Å²) in [5, 5.41) is 7.32. The average molecular weight is 384 g/mol. The minimum absolute atomic E-state index is 0.00179. The van der Waals surface area contributed by atoms with E-state index in [4.69, 9.17) is 4.74 Å². The molecule has 0 aliphatic rings. The van der Waals surface area contributed by atoms with Gasteiger partial charge in [0.25, 0.3) is 10.1 Å². The van der Waals surface area contributed by atoms with Crippen molar-refractivity contribution in [3.05, 3.63) is 24.0 Å². The molecule has 0 saturated carbocycles. The lowest BCUT2D eigenvalue weighted by Crippen LogP contribution is -2.33. The summed E-state index contributed by atoms with van der Waals surface area (Å²) in [7, 11) is -3.46. The number of nitrogens with zero attached hydrogens (tertiary/aromatic N) is 3. The molecule has 2 aromatic heterocycles. The first kappa shape index (κ1) is 20.1. The molecule has 0 amide bonds. The third-order valence-electron chi connectivity index (χ3n) is 3.52. The zero-order chi connectivity index (χ0) is 19.5. The molecule has 26 heavy (non-hydrogen) atoms. The lowest BCUT2D eigenvalue weighted by Gasteiger charge is -2.21. The van der Waals surface area contributed by atoms with Gasteiger partial charge in [0.1, 0.15) is 11.2 Å². The van der Waals surface area contributed by atoms with Gasteiger partial charge in [-0.3, -0.25) is 8.98 Å². The zero-order valence-corrected chi connectivity index (χ0v) is 16.3. The van der Waals surface area contributed by atoms with Crippen LogP contribution in [-0.4, -0.2) is 54.5 Å². The van der Waals surface area contributed by atoms with E-state index in [-0.39, 0.29) is 25.2 Å². The van der Waals surface area contributed by atoms with Crippen LogP contribution in [0.15, 0.2) is 18.3 Å². The number of rotatable bonds is 8. The molecule has 2 heterocycles. The van der Waals surface area contributed by atoms with Crippen LogP contribution < -0.4 is 5.32 Å². The molecular weight excluding hydrogens is 360 g/mol. The fraction of sp³-hybridized carbons (Fsp3) is 0.562. The van der Waals surface area contributed by atoms with Crippen molar-refractivity contribution in [1.82, 2.24) is 14.6 Å². The summed E-state index contributed by atoms with van der Waals surface area (Å²) in [5.41, 5.74) is 0.228. The number of carbonyl (C=O) groups is 1. The minimum Gasteiger partial charge on any atom is -0.462 e. The highest BCUT2D eigenvalue weighted by atomic mass is 32.2. The molecule has 9 nitrogen and oxygen atoms in total. The summed E-state index contributed by atoms with van der Waals surface area (Å²) in [6.07, 6.45) is 2.47. The fourth-order valence-corrected chi connectivity index (χ4v) is 2.50. The predicted molar refractivity (Wildman–Crippen MR) is 96.5 cm³/mol. The van der Waals surface area contributed by atoms with Gasteiger partial charge < -0.3 is 10.1 Å². The number of esters is 1. The Kier molecular flexibility index (Phi) is 5.87. The summed E-state index contributed by atoms with van der Waals surface area (Å²) in [6, 6.07) is 3.46. The number of hydrogen-bond acceptors (Lipinski definition) is 8. The monoisotopic (exact) mass is 384 g/mol. The van der Waals surface area contributed by atoms with Crippen molar-refractivity contribution in [3.8, 4) is 0 Å². The first-order valence-corrected chi connectivity index (χ1v) is 9.97. The quantitative estimate of drug-likeness (QED) is 0.412. The van der Waals surface area contributed by atoms with E-state index >= 15 is 0 Å². The van der Waals surface area contributed by atoms with Crippen LogP contribution in [0.5, 0.6) is 0 Å². The zero-order valence-electron chi connectivity index (χ0n) is 15.5. The van der Waals surface area contributed by atoms with Crippen LogP contribution in [0.2, 0.25) is 0 Å². The highest BCUT2D eigenvalue weighted by Gasteiger charge is 2.35. The van der Waals surface area contributed by atoms with Crippen LogP contribution in [0.25, 0.3) is 5.65 Å². The first-order chi connectivity index (χ1) is 12.0. The van der Waals surface area contributed by atoms with E-state index in [0.717, 1.165) is 6.26 Å². The second-order valence-corrected chi connectivity index (χ2v) is 8.32. The highest BCUT2D eigenvalue weighted by molar-refractivity contribution is 7.85. The Morgan fingerprint density at radius 1 is 1.35 bits per heavy atom. The van der Waals surface area contributed by atoms with E-state index in [0.29, 0.717) is 17.2 Å². The number of ether oxygens (including phenoxy) is 1. The molecule has 0 aromatic carbocycles. The van der Waals surface area contributed by atoms with Crippen molar-refractivity contribution in [2.24, 2.45) is 0 Å². The Hall–Kier alpha value is -2.20. The van der Waals surface area contributed by atoms with Gasteiger partial charge in [0.05, 0.1) is 30.9 Å². The van der Waals surface area contributed by atoms with Gasteiger partial charge in [-0.15, -0.1) is 5.10 Å². The van der Waals surface area contributed by atoms with Gasteiger partial charge in [0.2, 0.25) is 0 Å². The van der Waals surface area contributed by atoms with Gasteiger partial charge in [-0.1, -0.05) is 0 Å². The molecule has 0 saturated heterocycles. The lowest BCUT2D eigenvalue weighted by atomic mass is 9.90. The van der Waals surface area contributed by atoms with E-state index in [1.54, 1.807) is 50.5 Å². The van der Waals surface area contributed by atoms with E-state index in [1.807, 2.05) is 0 Å². The summed E-state index contributed by atoms with van der Waals surface area (Å²) in [5.74, 6) is 0.174. The van der Waals surface area contributed by atoms with Crippen molar-refractivity contribution >= 4 is 27.6 Å². The number of imidazole rings is 1. The molecule has 0 fully saturated rings. The van der Waals surface area contributed by atoms with Crippen molar-refractivity contribution in [1.29, 1.82) is 0 Å². The van der Waals surface area contributed by atoms with Crippen molar-refractivity contribution in [2.75, 3.05) is 24.7 Å². The third-order valence-corrected chi connectivity index (χ3v) is 4.11. The fourth-order valence-electron chi connectivity index (χ4n) is 2.12. The molecule has 0 unspecified atom stereocenters. The second kappa shape index (κ2) is 7.58. The van der Waals surface area contributed by atoms with Crippen molar-refractivity contribution < 1.29 is 22.1 Å². The SMILES string of the molecule is CC(C)OC(=O)C(C)(C)c1cn2nc(NCCOS(C)(=O)=O)ccc2n1. The number of aromatic nitrogens is 3. The molecule has 0 radical (unpaired) electrons. The van der Waals surface area contributed by atoms with Crippen LogP contribution in [0.1, 0.15) is 33.4 Å². The van der Waals surface area contributed by atoms with E-state index in [1.165, 1.54) is 0 Å². The molecule has 144 valence electrons. The molecule has 1 N–H and O–H groups in total. The second-order valence-electron chi connectivity index (χ2n) is 6.68. The minimum atomic E-state index is -3.46. The van der Waals surface area contributed by atoms with E-state index in [9.17, 15) is 13.2 Å². The molecule has 0 atom stereocenters. The van der Waals surface area contributed by atoms with Crippen LogP contribution in [0.4, 0.5) is 5.82 Å². The van der Waals surface area contributed by atoms with Gasteiger partial charge in [-0.25, -0.2) is 9.50 Å². The highest BCUT2D eigenvalue weighted by Crippen LogP contribution is 2.25. The maximum atomic E-state index is 12.3. The molecule has 0 spiro atoms. The Bertz CT molecular complexity index is 889. The summed E-state index contributed by atoms with van der Waals surface area (Å²) < 4.78 is 33.4. The Morgan fingerprint density at radius 3 is 2.65 bits per heavy atom. The van der Waals surface area contributed by atoms with Gasteiger partial charge in [-0.2, -0.15) is 8.42 Å². The van der Waals surface area contributed by atoms with Gasteiger partial charge in [-0.05, 0) is 39.8 Å². The number of hydrogen-bond donors (Lipinski definition) is 1. The molecule has 0 bridgehead atoms. The molecule has 0 aliphatic carbocycles. The smallest absolute Gasteiger partial charge is 0.317 e. The van der Waals surface area contributed by atoms with Crippen molar-refractivity contribution in [3.63, 3.8) is 0 Å². The van der Waals surface area contributed by atoms with Crippen LogP contribution >= 0.6 is 0 Å². The molecule has 2 rings (SSSR count). The summed E-state index contributed by atoms with van der Waals surface area (Å²) in [6.45, 7) is 7.37. The standard InChI is InChI=1S/C16H24N4O5S/c1-11(2)25-15(21)16(3,4)12-10-20-14(18-12)7-6-13(19-20)17-8-9-24-26(5,22)23/h6-7,10-11H,8-9H2,1-5H3,(H,17,19). The van der Waals surface area contributed by atoms with E-state index < -0.39 is 15.5 Å². The number of nitrogens with one attached hydrogen (secondary N) is 1. The summed E-state index contributed by atoms with van der Waals surface area (Å²) >= 11 is 0. The van der Waals surface area contributed by atoms with Crippen molar-refractivity contribution in [2.45, 2.75) is 39.2 Å². The molecule has 0 aliphatic heterocycles. The van der Waals surface area contributed by atoms with Gasteiger partial charge >= 0.3 is 5.97 Å². The van der Waals surface area contributed by atoms with Crippen LogP contribution in [-0.2, 0) is 29.2 Å². The molecule has 2 aromatic rings. The average Bonchev–Trinajstić information content (AvgIpc) is 2.94. The normalized spacial score (nSPS) is 12.5. The Labute approximate surface area is 152 Å². The Morgan fingerprint density at radius 2 is 2.04 bits per heavy atom. The van der Waals surface area contributed by atoms with Crippen LogP contribution in [0.3, 0.4) is 0 Å². The first-order valence-electron chi connectivity index (χ1n) is 8.15. The topological polar surface area (TPSA) is 112 Å². The predicted octanol–water partition coefficient (Wildman–Crippen LogP) is 1.35.